The number of fused-ring (bicyclic) bond motifs is 3. The van der Waals surface area contributed by atoms with E-state index in [0.717, 1.165) is 27.8 Å². The monoisotopic (exact) mass is 475 g/mol. The zero-order chi connectivity index (χ0) is 25.2. The van der Waals surface area contributed by atoms with Crippen molar-refractivity contribution >= 4 is 12.1 Å². The van der Waals surface area contributed by atoms with Gasteiger partial charge in [-0.3, -0.25) is 0 Å². The third-order valence-corrected chi connectivity index (χ3v) is 5.95. The predicted molar refractivity (Wildman–Crippen MR) is 133 cm³/mol. The lowest BCUT2D eigenvalue weighted by Crippen LogP contribution is -2.46. The van der Waals surface area contributed by atoms with Crippen molar-refractivity contribution in [3.05, 3.63) is 94.8 Å². The molecule has 3 aromatic rings. The second kappa shape index (κ2) is 9.90. The Morgan fingerprint density at radius 1 is 0.971 bits per heavy atom. The number of nitrogens with one attached hydrogen (secondary N) is 1. The van der Waals surface area contributed by atoms with Crippen LogP contribution in [0.2, 0.25) is 0 Å². The van der Waals surface area contributed by atoms with Gasteiger partial charge in [0.05, 0.1) is 0 Å². The maximum absolute atomic E-state index is 14.4. The molecule has 0 spiro atoms. The average molecular weight is 476 g/mol. The van der Waals surface area contributed by atoms with E-state index < -0.39 is 29.5 Å². The average Bonchev–Trinajstić information content (AvgIpc) is 3.12. The van der Waals surface area contributed by atoms with Crippen LogP contribution >= 0.6 is 0 Å². The summed E-state index contributed by atoms with van der Waals surface area (Å²) in [5, 5.41) is 2.60. The molecule has 1 N–H and O–H groups in total. The fourth-order valence-electron chi connectivity index (χ4n) is 4.43. The number of carbonyl (C=O) groups is 2. The molecule has 0 unspecified atom stereocenters. The summed E-state index contributed by atoms with van der Waals surface area (Å²) in [5.41, 5.74) is 4.84. The SMILES string of the molecule is Cc1ccc(F)c(C[C@H](NC(=O)OCC2c3ccccc3-c3ccccc32)C(=O)OC(C)(C)C)c1. The minimum Gasteiger partial charge on any atom is -0.458 e. The molecule has 0 aliphatic heterocycles. The highest BCUT2D eigenvalue weighted by atomic mass is 19.1. The molecule has 4 rings (SSSR count). The molecule has 0 radical (unpaired) electrons. The van der Waals surface area contributed by atoms with Gasteiger partial charge >= 0.3 is 12.1 Å². The highest BCUT2D eigenvalue weighted by Crippen LogP contribution is 2.44. The first-order chi connectivity index (χ1) is 16.6. The Morgan fingerprint density at radius 2 is 1.57 bits per heavy atom. The van der Waals surface area contributed by atoms with Crippen molar-refractivity contribution in [1.82, 2.24) is 5.32 Å². The number of esters is 1. The Kier molecular flexibility index (Phi) is 6.92. The van der Waals surface area contributed by atoms with E-state index in [4.69, 9.17) is 9.47 Å². The molecule has 1 atom stereocenters. The second-order valence-electron chi connectivity index (χ2n) is 9.85. The maximum atomic E-state index is 14.4. The van der Waals surface area contributed by atoms with Crippen LogP contribution in [-0.2, 0) is 20.7 Å². The Balaban J connectivity index is 1.49. The Labute approximate surface area is 205 Å². The van der Waals surface area contributed by atoms with Crippen molar-refractivity contribution in [2.75, 3.05) is 6.61 Å². The number of halogens is 1. The first-order valence-electron chi connectivity index (χ1n) is 11.7. The van der Waals surface area contributed by atoms with Gasteiger partial charge in [0.15, 0.2) is 0 Å². The van der Waals surface area contributed by atoms with Crippen molar-refractivity contribution < 1.29 is 23.5 Å². The number of benzene rings is 3. The van der Waals surface area contributed by atoms with Gasteiger partial charge in [0.2, 0.25) is 0 Å². The topological polar surface area (TPSA) is 64.6 Å². The number of carbonyl (C=O) groups excluding carboxylic acids is 2. The smallest absolute Gasteiger partial charge is 0.407 e. The Morgan fingerprint density at radius 3 is 2.17 bits per heavy atom. The molecule has 182 valence electrons. The van der Waals surface area contributed by atoms with Crippen molar-refractivity contribution in [3.63, 3.8) is 0 Å². The van der Waals surface area contributed by atoms with Crippen LogP contribution < -0.4 is 5.32 Å². The first kappa shape index (κ1) is 24.5. The van der Waals surface area contributed by atoms with E-state index in [1.165, 1.54) is 6.07 Å². The predicted octanol–water partition coefficient (Wildman–Crippen LogP) is 5.93. The number of ether oxygens (including phenoxy) is 2. The molecule has 0 aromatic heterocycles. The van der Waals surface area contributed by atoms with Crippen LogP contribution in [0, 0.1) is 12.7 Å². The fourth-order valence-corrected chi connectivity index (χ4v) is 4.43. The van der Waals surface area contributed by atoms with Gasteiger partial charge in [-0.25, -0.2) is 14.0 Å². The quantitative estimate of drug-likeness (QED) is 0.449. The number of hydrogen-bond acceptors (Lipinski definition) is 4. The highest BCUT2D eigenvalue weighted by molar-refractivity contribution is 5.82. The first-order valence-corrected chi connectivity index (χ1v) is 11.7. The molecular weight excluding hydrogens is 445 g/mol. The number of rotatable bonds is 6. The summed E-state index contributed by atoms with van der Waals surface area (Å²) >= 11 is 0. The molecule has 6 heteroatoms. The van der Waals surface area contributed by atoms with Gasteiger partial charge in [0, 0.05) is 12.3 Å². The van der Waals surface area contributed by atoms with E-state index in [9.17, 15) is 14.0 Å². The molecule has 0 saturated heterocycles. The Bertz CT molecular complexity index is 1200. The van der Waals surface area contributed by atoms with Gasteiger partial charge in [-0.05, 0) is 61.6 Å². The third kappa shape index (κ3) is 5.70. The minimum absolute atomic E-state index is 0.0490. The summed E-state index contributed by atoms with van der Waals surface area (Å²) in [6, 6.07) is 19.7. The molecule has 1 aliphatic rings. The fraction of sp³-hybridized carbons (Fsp3) is 0.310. The van der Waals surface area contributed by atoms with E-state index >= 15 is 0 Å². The van der Waals surface area contributed by atoms with E-state index in [2.05, 4.69) is 17.4 Å². The normalized spacial score (nSPS) is 13.5. The summed E-state index contributed by atoms with van der Waals surface area (Å²) in [7, 11) is 0. The molecule has 3 aromatic carbocycles. The van der Waals surface area contributed by atoms with E-state index in [1.54, 1.807) is 32.9 Å². The zero-order valence-electron chi connectivity index (χ0n) is 20.4. The summed E-state index contributed by atoms with van der Waals surface area (Å²) < 4.78 is 25.5. The molecule has 0 bridgehead atoms. The van der Waals surface area contributed by atoms with Crippen molar-refractivity contribution in [3.8, 4) is 11.1 Å². The maximum Gasteiger partial charge on any atom is 0.407 e. The largest absolute Gasteiger partial charge is 0.458 e. The molecule has 5 nitrogen and oxygen atoms in total. The number of aryl methyl sites for hydroxylation is 1. The van der Waals surface area contributed by atoms with Gasteiger partial charge < -0.3 is 14.8 Å². The summed E-state index contributed by atoms with van der Waals surface area (Å²) in [5.74, 6) is -1.20. The van der Waals surface area contributed by atoms with Gasteiger partial charge in [-0.1, -0.05) is 66.2 Å². The Hall–Kier alpha value is -3.67. The number of alkyl carbamates (subject to hydrolysis) is 1. The van der Waals surface area contributed by atoms with Crippen LogP contribution in [0.5, 0.6) is 0 Å². The van der Waals surface area contributed by atoms with E-state index in [1.807, 2.05) is 43.3 Å². The minimum atomic E-state index is -1.10. The molecule has 35 heavy (non-hydrogen) atoms. The number of amides is 1. The van der Waals surface area contributed by atoms with Crippen LogP contribution in [-0.4, -0.2) is 30.3 Å². The van der Waals surface area contributed by atoms with Crippen LogP contribution in [0.25, 0.3) is 11.1 Å². The summed E-state index contributed by atoms with van der Waals surface area (Å²) in [4.78, 5) is 25.7. The molecule has 1 aliphatic carbocycles. The van der Waals surface area contributed by atoms with Gasteiger partial charge in [-0.15, -0.1) is 0 Å². The van der Waals surface area contributed by atoms with Crippen LogP contribution in [0.15, 0.2) is 66.7 Å². The standard InChI is InChI=1S/C29H30FNO4/c1-18-13-14-25(30)19(15-18)16-26(27(32)35-29(2,3)4)31-28(33)34-17-24-22-11-7-5-9-20(22)21-10-6-8-12-23(21)24/h5-15,24,26H,16-17H2,1-4H3,(H,31,33)/t26-/m0/s1. The summed E-state index contributed by atoms with van der Waals surface area (Å²) in [6.07, 6.45) is -0.803. The van der Waals surface area contributed by atoms with E-state index in [-0.39, 0.29) is 18.9 Å². The van der Waals surface area contributed by atoms with Crippen molar-refractivity contribution in [2.45, 2.75) is 51.7 Å². The summed E-state index contributed by atoms with van der Waals surface area (Å²) in [6.45, 7) is 7.16. The molecule has 0 heterocycles. The lowest BCUT2D eigenvalue weighted by atomic mass is 9.98. The van der Waals surface area contributed by atoms with E-state index in [0.29, 0.717) is 5.56 Å². The lowest BCUT2D eigenvalue weighted by Gasteiger charge is -2.25. The van der Waals surface area contributed by atoms with Gasteiger partial charge in [-0.2, -0.15) is 0 Å². The van der Waals surface area contributed by atoms with Crippen LogP contribution in [0.1, 0.15) is 48.9 Å². The second-order valence-corrected chi connectivity index (χ2v) is 9.85. The number of hydrogen-bond donors (Lipinski definition) is 1. The lowest BCUT2D eigenvalue weighted by molar-refractivity contribution is -0.157. The van der Waals surface area contributed by atoms with Crippen molar-refractivity contribution in [1.29, 1.82) is 0 Å². The van der Waals surface area contributed by atoms with Crippen LogP contribution in [0.4, 0.5) is 9.18 Å². The molecule has 1 amide bonds. The van der Waals surface area contributed by atoms with Gasteiger partial charge in [0.25, 0.3) is 0 Å². The molecule has 0 fully saturated rings. The highest BCUT2D eigenvalue weighted by Gasteiger charge is 2.31. The third-order valence-electron chi connectivity index (χ3n) is 5.95. The van der Waals surface area contributed by atoms with Crippen LogP contribution in [0.3, 0.4) is 0 Å². The van der Waals surface area contributed by atoms with Gasteiger partial charge in [0.1, 0.15) is 24.1 Å². The zero-order valence-corrected chi connectivity index (χ0v) is 20.4. The molecule has 0 saturated carbocycles. The van der Waals surface area contributed by atoms with Crippen molar-refractivity contribution in [2.24, 2.45) is 0 Å². The molecular formula is C29H30FNO4.